The van der Waals surface area contributed by atoms with Crippen LogP contribution in [0.1, 0.15) is 20.3 Å². The van der Waals surface area contributed by atoms with E-state index in [9.17, 15) is 9.59 Å². The van der Waals surface area contributed by atoms with E-state index in [0.717, 1.165) is 13.1 Å². The first-order valence-corrected chi connectivity index (χ1v) is 9.67. The summed E-state index contributed by atoms with van der Waals surface area (Å²) in [7, 11) is 1.71. The molecular weight excluding hydrogens is 330 g/mol. The third-order valence-corrected chi connectivity index (χ3v) is 6.10. The Hall–Kier alpha value is -1.34. The van der Waals surface area contributed by atoms with Gasteiger partial charge in [0.1, 0.15) is 4.70 Å². The normalized spacial score (nSPS) is 21.8. The van der Waals surface area contributed by atoms with E-state index in [-0.39, 0.29) is 11.5 Å². The third kappa shape index (κ3) is 3.45. The largest absolute Gasteiger partial charge is 0.341 e. The van der Waals surface area contributed by atoms with Crippen LogP contribution < -0.4 is 5.56 Å². The van der Waals surface area contributed by atoms with Crippen LogP contribution in [-0.2, 0) is 11.8 Å². The Kier molecular flexibility index (Phi) is 4.77. The highest BCUT2D eigenvalue weighted by Gasteiger charge is 2.25. The number of piperidine rings is 1. The predicted molar refractivity (Wildman–Crippen MR) is 95.1 cm³/mol. The second-order valence-corrected chi connectivity index (χ2v) is 8.29. The van der Waals surface area contributed by atoms with Gasteiger partial charge in [-0.1, -0.05) is 25.6 Å². The molecule has 3 rings (SSSR count). The number of thiophene rings is 1. The molecule has 23 heavy (non-hydrogen) atoms. The summed E-state index contributed by atoms with van der Waals surface area (Å²) in [6.45, 7) is 6.05. The molecule has 0 radical (unpaired) electrons. The quantitative estimate of drug-likeness (QED) is 0.630. The molecule has 0 spiro atoms. The van der Waals surface area contributed by atoms with Gasteiger partial charge in [0, 0.05) is 20.1 Å². The van der Waals surface area contributed by atoms with E-state index in [0.29, 0.717) is 33.0 Å². The highest BCUT2D eigenvalue weighted by Crippen LogP contribution is 2.24. The summed E-state index contributed by atoms with van der Waals surface area (Å²) in [5.41, 5.74) is 0.674. The monoisotopic (exact) mass is 351 g/mol. The molecule has 5 nitrogen and oxygen atoms in total. The maximum absolute atomic E-state index is 12.5. The minimum Gasteiger partial charge on any atom is -0.341 e. The molecule has 0 saturated carbocycles. The first-order valence-electron chi connectivity index (χ1n) is 7.80. The molecule has 1 fully saturated rings. The molecule has 0 N–H and O–H groups in total. The lowest BCUT2D eigenvalue weighted by Crippen LogP contribution is -2.43. The second-order valence-electron chi connectivity index (χ2n) is 6.43. The van der Waals surface area contributed by atoms with E-state index in [1.165, 1.54) is 34.1 Å². The zero-order valence-corrected chi connectivity index (χ0v) is 15.2. The van der Waals surface area contributed by atoms with Gasteiger partial charge in [-0.2, -0.15) is 0 Å². The lowest BCUT2D eigenvalue weighted by molar-refractivity contribution is -0.130. The lowest BCUT2D eigenvalue weighted by atomic mass is 9.92. The number of hydrogen-bond donors (Lipinski definition) is 0. The van der Waals surface area contributed by atoms with Gasteiger partial charge < -0.3 is 4.90 Å². The number of aromatic nitrogens is 2. The average Bonchev–Trinajstić information content (AvgIpc) is 2.96. The van der Waals surface area contributed by atoms with E-state index in [4.69, 9.17) is 0 Å². The molecule has 1 aliphatic rings. The minimum absolute atomic E-state index is 0.0415. The number of thioether (sulfide) groups is 1. The summed E-state index contributed by atoms with van der Waals surface area (Å²) in [6.07, 6.45) is 1.18. The Morgan fingerprint density at radius 1 is 1.39 bits per heavy atom. The fraction of sp³-hybridized carbons (Fsp3) is 0.562. The Bertz CT molecular complexity index is 773. The summed E-state index contributed by atoms with van der Waals surface area (Å²) in [5.74, 6) is 1.57. The van der Waals surface area contributed by atoms with Crippen LogP contribution in [0, 0.1) is 11.8 Å². The number of carbonyl (C=O) groups is 1. The number of hydrogen-bond acceptors (Lipinski definition) is 5. The van der Waals surface area contributed by atoms with E-state index < -0.39 is 0 Å². The van der Waals surface area contributed by atoms with Crippen molar-refractivity contribution in [2.75, 3.05) is 18.8 Å². The summed E-state index contributed by atoms with van der Waals surface area (Å²) in [5, 5.41) is 2.47. The lowest BCUT2D eigenvalue weighted by Gasteiger charge is -2.35. The fourth-order valence-corrected chi connectivity index (χ4v) is 4.86. The molecule has 2 unspecified atom stereocenters. The number of fused-ring (bicyclic) bond motifs is 1. The molecule has 0 aliphatic carbocycles. The number of likely N-dealkylation sites (tertiary alicyclic amines) is 1. The van der Waals surface area contributed by atoms with Crippen LogP contribution in [0.15, 0.2) is 21.4 Å². The first-order chi connectivity index (χ1) is 11.0. The zero-order chi connectivity index (χ0) is 16.6. The van der Waals surface area contributed by atoms with E-state index in [2.05, 4.69) is 18.8 Å². The Labute approximate surface area is 143 Å². The van der Waals surface area contributed by atoms with Crippen LogP contribution in [-0.4, -0.2) is 39.2 Å². The average molecular weight is 351 g/mol. The van der Waals surface area contributed by atoms with Gasteiger partial charge in [-0.25, -0.2) is 4.98 Å². The van der Waals surface area contributed by atoms with Gasteiger partial charge in [-0.15, -0.1) is 11.3 Å². The fourth-order valence-electron chi connectivity index (χ4n) is 3.18. The number of nitrogens with zero attached hydrogens (tertiary/aromatic N) is 3. The van der Waals surface area contributed by atoms with Crippen molar-refractivity contribution in [3.63, 3.8) is 0 Å². The van der Waals surface area contributed by atoms with Crippen LogP contribution in [0.2, 0.25) is 0 Å². The SMILES string of the molecule is CC1CC(C)CN(C(=O)CSc2nc3ccsc3c(=O)n2C)C1. The molecule has 124 valence electrons. The van der Waals surface area contributed by atoms with Crippen molar-refractivity contribution >= 4 is 39.2 Å². The van der Waals surface area contributed by atoms with Gasteiger partial charge in [0.25, 0.3) is 5.56 Å². The molecule has 2 aromatic rings. The molecule has 1 amide bonds. The standard InChI is InChI=1S/C16H21N3O2S2/c1-10-6-11(2)8-19(7-10)13(20)9-23-16-17-12-4-5-22-14(12)15(21)18(16)3/h4-5,10-11H,6-9H2,1-3H3. The van der Waals surface area contributed by atoms with Gasteiger partial charge in [-0.05, 0) is 29.7 Å². The van der Waals surface area contributed by atoms with E-state index in [1.54, 1.807) is 7.05 Å². The molecule has 0 aromatic carbocycles. The first kappa shape index (κ1) is 16.5. The zero-order valence-electron chi connectivity index (χ0n) is 13.6. The van der Waals surface area contributed by atoms with Crippen molar-refractivity contribution in [2.45, 2.75) is 25.4 Å². The minimum atomic E-state index is -0.0415. The Balaban J connectivity index is 1.72. The second kappa shape index (κ2) is 6.65. The van der Waals surface area contributed by atoms with Crippen molar-refractivity contribution in [2.24, 2.45) is 18.9 Å². The topological polar surface area (TPSA) is 55.2 Å². The highest BCUT2D eigenvalue weighted by molar-refractivity contribution is 7.99. The third-order valence-electron chi connectivity index (χ3n) is 4.19. The summed E-state index contributed by atoms with van der Waals surface area (Å²) < 4.78 is 2.21. The van der Waals surface area contributed by atoms with Crippen molar-refractivity contribution in [1.29, 1.82) is 0 Å². The highest BCUT2D eigenvalue weighted by atomic mass is 32.2. The van der Waals surface area contributed by atoms with Crippen molar-refractivity contribution < 1.29 is 4.79 Å². The molecule has 7 heteroatoms. The molecule has 1 saturated heterocycles. The van der Waals surface area contributed by atoms with Crippen molar-refractivity contribution in [1.82, 2.24) is 14.5 Å². The number of amides is 1. The number of carbonyl (C=O) groups excluding carboxylic acids is 1. The van der Waals surface area contributed by atoms with Crippen molar-refractivity contribution in [3.8, 4) is 0 Å². The predicted octanol–water partition coefficient (Wildman–Crippen LogP) is 2.59. The van der Waals surface area contributed by atoms with Crippen LogP contribution >= 0.6 is 23.1 Å². The van der Waals surface area contributed by atoms with Gasteiger partial charge in [0.2, 0.25) is 5.91 Å². The number of rotatable bonds is 3. The molecule has 3 heterocycles. The van der Waals surface area contributed by atoms with Crippen LogP contribution in [0.5, 0.6) is 0 Å². The van der Waals surface area contributed by atoms with Crippen LogP contribution in [0.25, 0.3) is 10.2 Å². The molecule has 2 aromatic heterocycles. The summed E-state index contributed by atoms with van der Waals surface area (Å²) in [6, 6.07) is 1.85. The van der Waals surface area contributed by atoms with Gasteiger partial charge in [-0.3, -0.25) is 14.2 Å². The summed E-state index contributed by atoms with van der Waals surface area (Å²) in [4.78, 5) is 31.2. The summed E-state index contributed by atoms with van der Waals surface area (Å²) >= 11 is 2.75. The Morgan fingerprint density at radius 3 is 2.78 bits per heavy atom. The van der Waals surface area contributed by atoms with E-state index in [1.807, 2.05) is 16.3 Å². The van der Waals surface area contributed by atoms with E-state index >= 15 is 0 Å². The van der Waals surface area contributed by atoms with Crippen LogP contribution in [0.3, 0.4) is 0 Å². The Morgan fingerprint density at radius 2 is 2.09 bits per heavy atom. The van der Waals surface area contributed by atoms with Crippen LogP contribution in [0.4, 0.5) is 0 Å². The molecule has 2 atom stereocenters. The molecular formula is C16H21N3O2S2. The van der Waals surface area contributed by atoms with Gasteiger partial charge in [0.05, 0.1) is 11.3 Å². The maximum atomic E-state index is 12.5. The smallest absolute Gasteiger partial charge is 0.271 e. The van der Waals surface area contributed by atoms with Gasteiger partial charge in [0.15, 0.2) is 5.16 Å². The maximum Gasteiger partial charge on any atom is 0.271 e. The molecule has 1 aliphatic heterocycles. The van der Waals surface area contributed by atoms with Gasteiger partial charge >= 0.3 is 0 Å². The van der Waals surface area contributed by atoms with Crippen molar-refractivity contribution in [3.05, 3.63) is 21.8 Å². The molecule has 0 bridgehead atoms.